The summed E-state index contributed by atoms with van der Waals surface area (Å²) in [6.07, 6.45) is 1.36. The number of ether oxygens (including phenoxy) is 1. The largest absolute Gasteiger partial charge is 0.490 e. The molecule has 0 unspecified atom stereocenters. The summed E-state index contributed by atoms with van der Waals surface area (Å²) in [7, 11) is -4.16. The number of halogens is 3. The highest BCUT2D eigenvalue weighted by Gasteiger charge is 2.60. The van der Waals surface area contributed by atoms with Crippen molar-refractivity contribution in [1.82, 2.24) is 0 Å². The Kier molecular flexibility index (Phi) is 5.04. The lowest BCUT2D eigenvalue weighted by Crippen LogP contribution is -2.54. The number of fused-ring (bicyclic) bond motifs is 3. The molecule has 1 saturated carbocycles. The summed E-state index contributed by atoms with van der Waals surface area (Å²) < 4.78 is 61.4. The Morgan fingerprint density at radius 3 is 2.55 bits per heavy atom. The van der Waals surface area contributed by atoms with Crippen molar-refractivity contribution in [1.29, 1.82) is 5.26 Å². The van der Waals surface area contributed by atoms with E-state index in [1.807, 2.05) is 0 Å². The summed E-state index contributed by atoms with van der Waals surface area (Å²) in [6.45, 7) is -0.0907. The average Bonchev–Trinajstić information content (AvgIpc) is 2.71. The molecule has 2 aliphatic rings. The van der Waals surface area contributed by atoms with Crippen molar-refractivity contribution in [3.63, 3.8) is 0 Å². The minimum absolute atomic E-state index is 0.0129. The number of hydrogen-bond acceptors (Lipinski definition) is 4. The Morgan fingerprint density at radius 1 is 1.17 bits per heavy atom. The average molecular weight is 438 g/mol. The summed E-state index contributed by atoms with van der Waals surface area (Å²) >= 11 is 5.91. The molecule has 152 valence electrons. The molecule has 4 rings (SSSR count). The maximum absolute atomic E-state index is 15.1. The molecule has 2 aromatic carbocycles. The molecule has 1 aliphatic carbocycles. The molecule has 0 amide bonds. The fraction of sp³-hybridized carbons (Fsp3) is 0.381. The van der Waals surface area contributed by atoms with E-state index in [0.29, 0.717) is 17.9 Å². The van der Waals surface area contributed by atoms with E-state index in [9.17, 15) is 18.1 Å². The van der Waals surface area contributed by atoms with E-state index < -0.39 is 32.1 Å². The van der Waals surface area contributed by atoms with Gasteiger partial charge in [0.2, 0.25) is 0 Å². The zero-order valence-electron chi connectivity index (χ0n) is 15.4. The predicted octanol–water partition coefficient (Wildman–Crippen LogP) is 5.01. The molecule has 1 aliphatic heterocycles. The lowest BCUT2D eigenvalue weighted by molar-refractivity contribution is 0.0770. The van der Waals surface area contributed by atoms with E-state index >= 15 is 4.39 Å². The van der Waals surface area contributed by atoms with Crippen LogP contribution in [0.4, 0.5) is 8.78 Å². The Morgan fingerprint density at radius 2 is 1.86 bits per heavy atom. The van der Waals surface area contributed by atoms with Crippen LogP contribution in [0.3, 0.4) is 0 Å². The van der Waals surface area contributed by atoms with Crippen LogP contribution in [0.1, 0.15) is 31.2 Å². The molecule has 1 fully saturated rings. The Labute approximate surface area is 173 Å². The molecule has 0 aromatic heterocycles. The first kappa shape index (κ1) is 20.1. The highest BCUT2D eigenvalue weighted by molar-refractivity contribution is 7.92. The molecule has 0 spiro atoms. The topological polar surface area (TPSA) is 67.2 Å². The minimum Gasteiger partial charge on any atom is -0.490 e. The van der Waals surface area contributed by atoms with Gasteiger partial charge in [-0.3, -0.25) is 0 Å². The van der Waals surface area contributed by atoms with E-state index in [4.69, 9.17) is 16.3 Å². The smallest absolute Gasteiger partial charge is 0.188 e. The summed E-state index contributed by atoms with van der Waals surface area (Å²) in [6, 6.07) is 9.65. The highest BCUT2D eigenvalue weighted by Crippen LogP contribution is 2.58. The lowest BCUT2D eigenvalue weighted by Gasteiger charge is -2.50. The van der Waals surface area contributed by atoms with E-state index in [2.05, 4.69) is 6.07 Å². The Bertz CT molecular complexity index is 1100. The van der Waals surface area contributed by atoms with Crippen molar-refractivity contribution in [2.45, 2.75) is 35.3 Å². The van der Waals surface area contributed by atoms with Crippen molar-refractivity contribution in [3.05, 3.63) is 58.6 Å². The van der Waals surface area contributed by atoms with Gasteiger partial charge in [-0.25, -0.2) is 17.2 Å². The molecule has 0 saturated heterocycles. The Hall–Kier alpha value is -2.17. The van der Waals surface area contributed by atoms with Crippen molar-refractivity contribution < 1.29 is 21.9 Å². The molecule has 2 aromatic rings. The second-order valence-electron chi connectivity index (χ2n) is 7.51. The fourth-order valence-corrected chi connectivity index (χ4v) is 7.44. The number of sulfone groups is 1. The number of rotatable bonds is 3. The van der Waals surface area contributed by atoms with Gasteiger partial charge >= 0.3 is 0 Å². The second-order valence-corrected chi connectivity index (χ2v) is 10.2. The van der Waals surface area contributed by atoms with E-state index in [0.717, 1.165) is 12.1 Å². The van der Waals surface area contributed by atoms with Gasteiger partial charge in [0.1, 0.15) is 10.6 Å². The van der Waals surface area contributed by atoms with Crippen LogP contribution in [0.2, 0.25) is 5.02 Å². The van der Waals surface area contributed by atoms with Gasteiger partial charge in [-0.2, -0.15) is 5.26 Å². The van der Waals surface area contributed by atoms with Crippen molar-refractivity contribution in [2.24, 2.45) is 11.8 Å². The molecular weight excluding hydrogens is 420 g/mol. The quantitative estimate of drug-likeness (QED) is 0.677. The molecule has 29 heavy (non-hydrogen) atoms. The fourth-order valence-electron chi connectivity index (χ4n) is 4.87. The molecule has 3 atom stereocenters. The number of nitriles is 1. The van der Waals surface area contributed by atoms with Crippen LogP contribution < -0.4 is 4.74 Å². The standard InChI is InChI=1S/C21H18ClF2NO3S/c22-14-3-5-15(6-4-14)29(26,27)21-10-1-2-13(9-11-25)16(21)12-28-20-18(24)8-7-17(23)19(20)21/h3-8,13,16H,1-2,9-10,12H2/t13-,16-,21-/m1/s1. The van der Waals surface area contributed by atoms with Gasteiger partial charge in [-0.15, -0.1) is 0 Å². The third-order valence-electron chi connectivity index (χ3n) is 6.14. The van der Waals surface area contributed by atoms with Crippen molar-refractivity contribution >= 4 is 21.4 Å². The maximum atomic E-state index is 15.1. The first-order chi connectivity index (χ1) is 13.8. The summed E-state index contributed by atoms with van der Waals surface area (Å²) in [5.41, 5.74) is -0.258. The van der Waals surface area contributed by atoms with Gasteiger partial charge in [0.15, 0.2) is 21.4 Å². The van der Waals surface area contributed by atoms with Gasteiger partial charge in [0, 0.05) is 17.4 Å². The summed E-state index contributed by atoms with van der Waals surface area (Å²) in [5, 5.41) is 9.62. The molecule has 0 N–H and O–H groups in total. The van der Waals surface area contributed by atoms with Crippen LogP contribution in [0.15, 0.2) is 41.3 Å². The van der Waals surface area contributed by atoms with Crippen molar-refractivity contribution in [3.8, 4) is 11.8 Å². The third kappa shape index (κ3) is 2.92. The normalized spacial score (nSPS) is 26.0. The first-order valence-corrected chi connectivity index (χ1v) is 11.2. The second kappa shape index (κ2) is 7.26. The number of hydrogen-bond donors (Lipinski definition) is 0. The zero-order valence-corrected chi connectivity index (χ0v) is 16.9. The Balaban J connectivity index is 2.03. The van der Waals surface area contributed by atoms with Gasteiger partial charge in [-0.05, 0) is 55.2 Å². The predicted molar refractivity (Wildman–Crippen MR) is 103 cm³/mol. The minimum atomic E-state index is -4.16. The number of benzene rings is 2. The molecule has 4 nitrogen and oxygen atoms in total. The molecule has 0 radical (unpaired) electrons. The number of nitrogens with zero attached hydrogens (tertiary/aromatic N) is 1. The van der Waals surface area contributed by atoms with Gasteiger partial charge in [0.05, 0.1) is 23.1 Å². The molecular formula is C21H18ClF2NO3S. The van der Waals surface area contributed by atoms with Crippen LogP contribution in [0.5, 0.6) is 5.75 Å². The van der Waals surface area contributed by atoms with Crippen LogP contribution in [-0.2, 0) is 14.6 Å². The SMILES string of the molecule is N#CC[C@H]1CCC[C@]2(S(=O)(=O)c3ccc(Cl)cc3)c3c(F)ccc(F)c3OC[C@H]12. The molecule has 1 heterocycles. The van der Waals surface area contributed by atoms with E-state index in [-0.39, 0.29) is 41.6 Å². The van der Waals surface area contributed by atoms with Gasteiger partial charge in [-0.1, -0.05) is 18.0 Å². The van der Waals surface area contributed by atoms with Crippen LogP contribution in [0.25, 0.3) is 0 Å². The van der Waals surface area contributed by atoms with Crippen LogP contribution in [0, 0.1) is 34.8 Å². The van der Waals surface area contributed by atoms with E-state index in [1.165, 1.54) is 24.3 Å². The summed E-state index contributed by atoms with van der Waals surface area (Å²) in [4.78, 5) is -0.0129. The van der Waals surface area contributed by atoms with Gasteiger partial charge < -0.3 is 4.74 Å². The van der Waals surface area contributed by atoms with Crippen molar-refractivity contribution in [2.75, 3.05) is 6.61 Å². The maximum Gasteiger partial charge on any atom is 0.188 e. The highest BCUT2D eigenvalue weighted by atomic mass is 35.5. The summed E-state index contributed by atoms with van der Waals surface area (Å²) in [5.74, 6) is -2.93. The monoisotopic (exact) mass is 437 g/mol. The molecule has 0 bridgehead atoms. The first-order valence-electron chi connectivity index (χ1n) is 9.31. The third-order valence-corrected chi connectivity index (χ3v) is 8.95. The van der Waals surface area contributed by atoms with Crippen LogP contribution >= 0.6 is 11.6 Å². The lowest BCUT2D eigenvalue weighted by atomic mass is 9.66. The molecule has 8 heteroatoms. The van der Waals surface area contributed by atoms with E-state index in [1.54, 1.807) is 0 Å². The van der Waals surface area contributed by atoms with Crippen LogP contribution in [-0.4, -0.2) is 15.0 Å². The zero-order chi connectivity index (χ0) is 20.8. The van der Waals surface area contributed by atoms with Gasteiger partial charge in [0.25, 0.3) is 0 Å².